The fraction of sp³-hybridized carbons (Fsp3) is 0.500. The molecular formula is C22H26F2N2O6S. The number of aromatic nitrogens is 1. The Morgan fingerprint density at radius 2 is 2.09 bits per heavy atom. The van der Waals surface area contributed by atoms with Gasteiger partial charge in [-0.3, -0.25) is 9.59 Å². The Labute approximate surface area is 190 Å². The van der Waals surface area contributed by atoms with Crippen LogP contribution in [0.4, 0.5) is 8.78 Å². The van der Waals surface area contributed by atoms with Gasteiger partial charge in [-0.05, 0) is 25.0 Å². The molecule has 0 aliphatic carbocycles. The highest BCUT2D eigenvalue weighted by atomic mass is 32.2. The number of oxazole rings is 1. The summed E-state index contributed by atoms with van der Waals surface area (Å²) in [4.78, 5) is 30.2. The summed E-state index contributed by atoms with van der Waals surface area (Å²) in [5.74, 6) is -2.34. The molecule has 1 atom stereocenters. The van der Waals surface area contributed by atoms with Crippen LogP contribution in [-0.2, 0) is 30.6 Å². The summed E-state index contributed by atoms with van der Waals surface area (Å²) in [6, 6.07) is 2.66. The van der Waals surface area contributed by atoms with Crippen LogP contribution in [0, 0.1) is 11.6 Å². The molecule has 11 heteroatoms. The highest BCUT2D eigenvalue weighted by molar-refractivity contribution is 7.91. The molecule has 1 aliphatic heterocycles. The molecule has 0 saturated carbocycles. The van der Waals surface area contributed by atoms with E-state index in [2.05, 4.69) is 4.98 Å². The number of sulfone groups is 1. The van der Waals surface area contributed by atoms with Gasteiger partial charge in [-0.1, -0.05) is 13.3 Å². The summed E-state index contributed by atoms with van der Waals surface area (Å²) in [5, 5.41) is 0. The Morgan fingerprint density at radius 3 is 2.76 bits per heavy atom. The Kier molecular flexibility index (Phi) is 8.17. The number of carbonyl (C=O) groups excluding carboxylic acids is 2. The van der Waals surface area contributed by atoms with Crippen molar-refractivity contribution in [2.45, 2.75) is 45.1 Å². The zero-order valence-corrected chi connectivity index (χ0v) is 19.1. The summed E-state index contributed by atoms with van der Waals surface area (Å²) < 4.78 is 61.0. The van der Waals surface area contributed by atoms with Crippen molar-refractivity contribution in [1.82, 2.24) is 9.88 Å². The van der Waals surface area contributed by atoms with Crippen LogP contribution < -0.4 is 0 Å². The van der Waals surface area contributed by atoms with Crippen LogP contribution in [0.2, 0.25) is 0 Å². The number of halogens is 2. The van der Waals surface area contributed by atoms with E-state index < -0.39 is 46.0 Å². The number of hydrogen-bond acceptors (Lipinski definition) is 7. The van der Waals surface area contributed by atoms with Crippen LogP contribution in [0.15, 0.2) is 28.8 Å². The summed E-state index contributed by atoms with van der Waals surface area (Å²) in [5.41, 5.74) is 0.0458. The van der Waals surface area contributed by atoms with Crippen molar-refractivity contribution in [3.05, 3.63) is 41.9 Å². The van der Waals surface area contributed by atoms with E-state index in [0.29, 0.717) is 13.0 Å². The Balaban J connectivity index is 1.50. The average Bonchev–Trinajstić information content (AvgIpc) is 3.37. The van der Waals surface area contributed by atoms with E-state index in [9.17, 15) is 26.8 Å². The SMILES string of the molecule is CCCCN(C(=O)COC(=O)CCc1ncc(-c2ccc(F)cc2F)o1)C1CCS(=O)(=O)C1. The van der Waals surface area contributed by atoms with E-state index in [0.717, 1.165) is 25.0 Å². The fourth-order valence-electron chi connectivity index (χ4n) is 3.61. The molecule has 1 fully saturated rings. The van der Waals surface area contributed by atoms with E-state index in [1.165, 1.54) is 17.2 Å². The summed E-state index contributed by atoms with van der Waals surface area (Å²) in [6.07, 6.45) is 3.16. The number of benzene rings is 1. The van der Waals surface area contributed by atoms with E-state index in [1.54, 1.807) is 0 Å². The minimum Gasteiger partial charge on any atom is -0.456 e. The van der Waals surface area contributed by atoms with Crippen molar-refractivity contribution >= 4 is 21.7 Å². The molecule has 1 aliphatic rings. The molecule has 1 unspecified atom stereocenters. The molecule has 1 aromatic heterocycles. The topological polar surface area (TPSA) is 107 Å². The molecular weight excluding hydrogens is 458 g/mol. The molecule has 2 aromatic rings. The number of amides is 1. The molecule has 0 N–H and O–H groups in total. The van der Waals surface area contributed by atoms with Gasteiger partial charge in [0.15, 0.2) is 28.1 Å². The number of aryl methyl sites for hydroxylation is 1. The quantitative estimate of drug-likeness (QED) is 0.477. The lowest BCUT2D eigenvalue weighted by Gasteiger charge is -2.28. The third kappa shape index (κ3) is 6.83. The second-order valence-electron chi connectivity index (χ2n) is 7.90. The summed E-state index contributed by atoms with van der Waals surface area (Å²) in [7, 11) is -3.15. The Bertz CT molecular complexity index is 1100. The first-order valence-electron chi connectivity index (χ1n) is 10.7. The lowest BCUT2D eigenvalue weighted by Crippen LogP contribution is -2.43. The summed E-state index contributed by atoms with van der Waals surface area (Å²) >= 11 is 0. The number of carbonyl (C=O) groups is 2. The van der Waals surface area contributed by atoms with Gasteiger partial charge >= 0.3 is 5.97 Å². The van der Waals surface area contributed by atoms with Crippen LogP contribution in [-0.4, -0.2) is 60.9 Å². The van der Waals surface area contributed by atoms with Gasteiger partial charge in [0.05, 0.1) is 29.7 Å². The van der Waals surface area contributed by atoms with Crippen LogP contribution in [0.5, 0.6) is 0 Å². The van der Waals surface area contributed by atoms with Crippen molar-refractivity contribution in [2.75, 3.05) is 24.7 Å². The van der Waals surface area contributed by atoms with Gasteiger partial charge in [-0.25, -0.2) is 22.2 Å². The maximum Gasteiger partial charge on any atom is 0.306 e. The van der Waals surface area contributed by atoms with Crippen molar-refractivity contribution in [1.29, 1.82) is 0 Å². The molecule has 3 rings (SSSR count). The number of unbranched alkanes of at least 4 members (excludes halogenated alkanes) is 1. The third-order valence-corrected chi connectivity index (χ3v) is 7.12. The molecule has 0 spiro atoms. The highest BCUT2D eigenvalue weighted by Gasteiger charge is 2.34. The number of ether oxygens (including phenoxy) is 1. The van der Waals surface area contributed by atoms with Gasteiger partial charge in [0, 0.05) is 25.1 Å². The molecule has 1 saturated heterocycles. The standard InChI is InChI=1S/C22H26F2N2O6S/c1-2-3-9-26(16-8-10-33(29,30)14-16)21(27)13-31-22(28)7-6-20-25-12-19(32-20)17-5-4-15(23)11-18(17)24/h4-5,11-12,16H,2-3,6-10,13-14H2,1H3. The number of rotatable bonds is 10. The Hall–Kier alpha value is -2.82. The normalized spacial score (nSPS) is 17.1. The monoisotopic (exact) mass is 484 g/mol. The van der Waals surface area contributed by atoms with Gasteiger partial charge in [-0.2, -0.15) is 0 Å². The van der Waals surface area contributed by atoms with E-state index >= 15 is 0 Å². The van der Waals surface area contributed by atoms with Gasteiger partial charge < -0.3 is 14.1 Å². The fourth-order valence-corrected chi connectivity index (χ4v) is 5.34. The summed E-state index contributed by atoms with van der Waals surface area (Å²) in [6.45, 7) is 1.90. The first-order chi connectivity index (χ1) is 15.7. The van der Waals surface area contributed by atoms with Crippen LogP contribution >= 0.6 is 0 Å². The number of nitrogens with zero attached hydrogens (tertiary/aromatic N) is 2. The molecule has 1 aromatic carbocycles. The molecule has 2 heterocycles. The predicted octanol–water partition coefficient (Wildman–Crippen LogP) is 2.91. The molecule has 8 nitrogen and oxygen atoms in total. The van der Waals surface area contributed by atoms with E-state index in [-0.39, 0.29) is 41.6 Å². The van der Waals surface area contributed by atoms with Crippen molar-refractivity contribution < 1.29 is 35.9 Å². The predicted molar refractivity (Wildman–Crippen MR) is 115 cm³/mol. The average molecular weight is 485 g/mol. The van der Waals surface area contributed by atoms with Crippen LogP contribution in [0.1, 0.15) is 38.5 Å². The first kappa shape index (κ1) is 24.8. The van der Waals surface area contributed by atoms with Crippen molar-refractivity contribution in [2.24, 2.45) is 0 Å². The zero-order chi connectivity index (χ0) is 24.0. The van der Waals surface area contributed by atoms with Gasteiger partial charge in [0.2, 0.25) is 0 Å². The second-order valence-corrected chi connectivity index (χ2v) is 10.1. The van der Waals surface area contributed by atoms with Crippen molar-refractivity contribution in [3.63, 3.8) is 0 Å². The van der Waals surface area contributed by atoms with E-state index in [4.69, 9.17) is 9.15 Å². The highest BCUT2D eigenvalue weighted by Crippen LogP contribution is 2.24. The maximum atomic E-state index is 13.9. The van der Waals surface area contributed by atoms with Gasteiger partial charge in [0.1, 0.15) is 11.6 Å². The van der Waals surface area contributed by atoms with Gasteiger partial charge in [0.25, 0.3) is 5.91 Å². The molecule has 180 valence electrons. The number of hydrogen-bond donors (Lipinski definition) is 0. The second kappa shape index (κ2) is 10.9. The van der Waals surface area contributed by atoms with Crippen molar-refractivity contribution in [3.8, 4) is 11.3 Å². The number of esters is 1. The van der Waals surface area contributed by atoms with Crippen LogP contribution in [0.3, 0.4) is 0 Å². The molecule has 0 bridgehead atoms. The molecule has 1 amide bonds. The molecule has 33 heavy (non-hydrogen) atoms. The minimum absolute atomic E-state index is 0.0458. The largest absolute Gasteiger partial charge is 0.456 e. The van der Waals surface area contributed by atoms with Gasteiger partial charge in [-0.15, -0.1) is 0 Å². The first-order valence-corrected chi connectivity index (χ1v) is 12.6. The minimum atomic E-state index is -3.15. The lowest BCUT2D eigenvalue weighted by atomic mass is 10.2. The zero-order valence-electron chi connectivity index (χ0n) is 18.3. The lowest BCUT2D eigenvalue weighted by molar-refractivity contribution is -0.152. The smallest absolute Gasteiger partial charge is 0.306 e. The van der Waals surface area contributed by atoms with E-state index in [1.807, 2.05) is 6.92 Å². The van der Waals surface area contributed by atoms with Crippen LogP contribution in [0.25, 0.3) is 11.3 Å². The maximum absolute atomic E-state index is 13.9. The third-order valence-electron chi connectivity index (χ3n) is 5.37. The Morgan fingerprint density at radius 1 is 1.30 bits per heavy atom. The molecule has 0 radical (unpaired) electrons.